The molecule has 1 aliphatic heterocycles. The van der Waals surface area contributed by atoms with Gasteiger partial charge in [0.1, 0.15) is 0 Å². The lowest BCUT2D eigenvalue weighted by Gasteiger charge is -2.41. The van der Waals surface area contributed by atoms with Crippen LogP contribution in [0.15, 0.2) is 12.2 Å². The van der Waals surface area contributed by atoms with Crippen molar-refractivity contribution in [1.29, 1.82) is 0 Å². The predicted octanol–water partition coefficient (Wildman–Crippen LogP) is 4.18. The maximum atomic E-state index is 4.11. The lowest BCUT2D eigenvalue weighted by molar-refractivity contribution is 0.307. The second kappa shape index (κ2) is 4.13. The summed E-state index contributed by atoms with van der Waals surface area (Å²) >= 11 is 4.44. The Morgan fingerprint density at radius 1 is 1.36 bits per heavy atom. The molecule has 2 atom stereocenters. The van der Waals surface area contributed by atoms with Crippen LogP contribution >= 0.6 is 23.5 Å². The Morgan fingerprint density at radius 3 is 2.50 bits per heavy atom. The van der Waals surface area contributed by atoms with Gasteiger partial charge in [0, 0.05) is 11.5 Å². The topological polar surface area (TPSA) is 0 Å². The molecule has 0 unspecified atom stereocenters. The van der Waals surface area contributed by atoms with Crippen LogP contribution in [0, 0.1) is 11.8 Å². The second-order valence-corrected chi connectivity index (χ2v) is 7.84. The summed E-state index contributed by atoms with van der Waals surface area (Å²) in [6.45, 7) is 8.76. The van der Waals surface area contributed by atoms with E-state index in [1.54, 1.807) is 0 Å². The molecule has 0 aromatic heterocycles. The van der Waals surface area contributed by atoms with Gasteiger partial charge in [-0.25, -0.2) is 0 Å². The largest absolute Gasteiger partial charge is 0.143 e. The Kier molecular flexibility index (Phi) is 3.23. The first kappa shape index (κ1) is 10.9. The fourth-order valence-electron chi connectivity index (χ4n) is 2.69. The van der Waals surface area contributed by atoms with Crippen LogP contribution in [0.4, 0.5) is 0 Å². The number of allylic oxidation sites excluding steroid dienone is 1. The van der Waals surface area contributed by atoms with Crippen LogP contribution in [0.3, 0.4) is 0 Å². The first-order valence-electron chi connectivity index (χ1n) is 5.57. The first-order chi connectivity index (χ1) is 6.64. The van der Waals surface area contributed by atoms with Crippen molar-refractivity contribution in [3.05, 3.63) is 12.2 Å². The molecule has 2 aliphatic rings. The van der Waals surface area contributed by atoms with E-state index in [9.17, 15) is 0 Å². The van der Waals surface area contributed by atoms with Crippen LogP contribution in [0.2, 0.25) is 0 Å². The van der Waals surface area contributed by atoms with Gasteiger partial charge in [-0.15, -0.1) is 23.5 Å². The quantitative estimate of drug-likeness (QED) is 0.618. The zero-order valence-corrected chi connectivity index (χ0v) is 10.8. The minimum atomic E-state index is 0.589. The third kappa shape index (κ3) is 1.88. The van der Waals surface area contributed by atoms with Gasteiger partial charge < -0.3 is 0 Å². The third-order valence-corrected chi connectivity index (χ3v) is 7.68. The SMILES string of the molecule is C=C(C)[C@H]1CCC2(SCCS2)[C@H](C)C1. The highest BCUT2D eigenvalue weighted by atomic mass is 32.2. The van der Waals surface area contributed by atoms with Crippen LogP contribution in [0.1, 0.15) is 33.1 Å². The molecule has 1 aliphatic carbocycles. The molecule has 0 radical (unpaired) electrons. The van der Waals surface area contributed by atoms with Gasteiger partial charge in [-0.05, 0) is 38.0 Å². The average molecular weight is 228 g/mol. The molecule has 2 heteroatoms. The summed E-state index contributed by atoms with van der Waals surface area (Å²) in [7, 11) is 0. The van der Waals surface area contributed by atoms with Crippen LogP contribution in [0.25, 0.3) is 0 Å². The lowest BCUT2D eigenvalue weighted by Crippen LogP contribution is -2.34. The van der Waals surface area contributed by atoms with E-state index in [0.717, 1.165) is 11.8 Å². The van der Waals surface area contributed by atoms with Crippen molar-refractivity contribution in [3.8, 4) is 0 Å². The van der Waals surface area contributed by atoms with E-state index < -0.39 is 0 Å². The van der Waals surface area contributed by atoms with E-state index in [1.807, 2.05) is 0 Å². The molecule has 1 heterocycles. The molecule has 1 spiro atoms. The molecule has 0 N–H and O–H groups in total. The molecule has 0 aromatic carbocycles. The van der Waals surface area contributed by atoms with E-state index in [-0.39, 0.29) is 0 Å². The van der Waals surface area contributed by atoms with Crippen LogP contribution in [-0.2, 0) is 0 Å². The summed E-state index contributed by atoms with van der Waals surface area (Å²) in [6.07, 6.45) is 4.15. The minimum absolute atomic E-state index is 0.589. The Labute approximate surface area is 96.3 Å². The van der Waals surface area contributed by atoms with E-state index in [4.69, 9.17) is 0 Å². The van der Waals surface area contributed by atoms with Crippen LogP contribution < -0.4 is 0 Å². The van der Waals surface area contributed by atoms with E-state index >= 15 is 0 Å². The third-order valence-electron chi connectivity index (χ3n) is 3.70. The number of rotatable bonds is 1. The molecular formula is C12H20S2. The van der Waals surface area contributed by atoms with Gasteiger partial charge in [0.25, 0.3) is 0 Å². The molecule has 1 saturated heterocycles. The molecule has 0 amide bonds. The van der Waals surface area contributed by atoms with Crippen molar-refractivity contribution in [3.63, 3.8) is 0 Å². The van der Waals surface area contributed by atoms with Gasteiger partial charge in [0.2, 0.25) is 0 Å². The standard InChI is InChI=1S/C12H20S2/c1-9(2)11-4-5-12(10(3)8-11)13-6-7-14-12/h10-11H,1,4-8H2,2-3H3/t10-,11+/m1/s1. The summed E-state index contributed by atoms with van der Waals surface area (Å²) in [6, 6.07) is 0. The zero-order chi connectivity index (χ0) is 10.2. The van der Waals surface area contributed by atoms with Crippen molar-refractivity contribution in [2.75, 3.05) is 11.5 Å². The highest BCUT2D eigenvalue weighted by Crippen LogP contribution is 2.57. The molecule has 1 saturated carbocycles. The number of hydrogen-bond donors (Lipinski definition) is 0. The maximum Gasteiger partial charge on any atom is 0.0637 e. The molecular weight excluding hydrogens is 208 g/mol. The van der Waals surface area contributed by atoms with Crippen LogP contribution in [0.5, 0.6) is 0 Å². The van der Waals surface area contributed by atoms with Crippen molar-refractivity contribution >= 4 is 23.5 Å². The summed E-state index contributed by atoms with van der Waals surface area (Å²) in [5.74, 6) is 4.41. The van der Waals surface area contributed by atoms with Gasteiger partial charge in [-0.1, -0.05) is 19.1 Å². The molecule has 14 heavy (non-hydrogen) atoms. The Balaban J connectivity index is 2.03. The molecule has 0 bridgehead atoms. The minimum Gasteiger partial charge on any atom is -0.143 e. The fraction of sp³-hybridized carbons (Fsp3) is 0.833. The normalized spacial score (nSPS) is 36.1. The summed E-state index contributed by atoms with van der Waals surface area (Å²) < 4.78 is 0.589. The Bertz CT molecular complexity index is 228. The predicted molar refractivity (Wildman–Crippen MR) is 69.0 cm³/mol. The summed E-state index contributed by atoms with van der Waals surface area (Å²) in [5.41, 5.74) is 1.40. The van der Waals surface area contributed by atoms with Gasteiger partial charge in [0.05, 0.1) is 4.08 Å². The van der Waals surface area contributed by atoms with Gasteiger partial charge in [-0.2, -0.15) is 0 Å². The van der Waals surface area contributed by atoms with E-state index in [2.05, 4.69) is 44.0 Å². The Morgan fingerprint density at radius 2 is 2.00 bits per heavy atom. The average Bonchev–Trinajstić information content (AvgIpc) is 2.59. The Hall–Kier alpha value is 0.440. The monoisotopic (exact) mass is 228 g/mol. The smallest absolute Gasteiger partial charge is 0.0637 e. The lowest BCUT2D eigenvalue weighted by atomic mass is 9.78. The second-order valence-electron chi connectivity index (χ2n) is 4.73. The summed E-state index contributed by atoms with van der Waals surface area (Å²) in [4.78, 5) is 0. The van der Waals surface area contributed by atoms with Gasteiger partial charge in [0.15, 0.2) is 0 Å². The molecule has 2 fully saturated rings. The van der Waals surface area contributed by atoms with E-state index in [1.165, 1.54) is 36.3 Å². The zero-order valence-electron chi connectivity index (χ0n) is 9.21. The number of thioether (sulfide) groups is 2. The highest BCUT2D eigenvalue weighted by molar-refractivity contribution is 8.21. The van der Waals surface area contributed by atoms with Gasteiger partial charge >= 0.3 is 0 Å². The molecule has 2 rings (SSSR count). The van der Waals surface area contributed by atoms with Crippen LogP contribution in [-0.4, -0.2) is 15.6 Å². The first-order valence-corrected chi connectivity index (χ1v) is 7.54. The molecule has 80 valence electrons. The van der Waals surface area contributed by atoms with E-state index in [0.29, 0.717) is 4.08 Å². The fourth-order valence-corrected chi connectivity index (χ4v) is 6.17. The van der Waals surface area contributed by atoms with Crippen molar-refractivity contribution in [1.82, 2.24) is 0 Å². The molecule has 0 nitrogen and oxygen atoms in total. The summed E-state index contributed by atoms with van der Waals surface area (Å²) in [5, 5.41) is 0. The van der Waals surface area contributed by atoms with Crippen molar-refractivity contribution in [2.24, 2.45) is 11.8 Å². The van der Waals surface area contributed by atoms with Crippen molar-refractivity contribution in [2.45, 2.75) is 37.2 Å². The maximum absolute atomic E-state index is 4.11. The number of hydrogen-bond acceptors (Lipinski definition) is 2. The van der Waals surface area contributed by atoms with Crippen molar-refractivity contribution < 1.29 is 0 Å². The van der Waals surface area contributed by atoms with Gasteiger partial charge in [-0.3, -0.25) is 0 Å². The molecule has 0 aromatic rings. The highest BCUT2D eigenvalue weighted by Gasteiger charge is 2.44.